The predicted octanol–water partition coefficient (Wildman–Crippen LogP) is 2.24. The third-order valence-electron chi connectivity index (χ3n) is 7.19. The number of carbonyl (C=O) groups excluding carboxylic acids is 3. The second kappa shape index (κ2) is 9.06. The van der Waals surface area contributed by atoms with Crippen LogP contribution in [0.3, 0.4) is 0 Å². The number of benzene rings is 1. The molecular weight excluding hydrogens is 426 g/mol. The molecule has 0 radical (unpaired) electrons. The Hall–Kier alpha value is -2.06. The Labute approximate surface area is 193 Å². The Balaban J connectivity index is 1.68. The number of carbonyl (C=O) groups is 3. The molecule has 174 valence electrons. The van der Waals surface area contributed by atoms with Crippen LogP contribution in [0.2, 0.25) is 0 Å². The van der Waals surface area contributed by atoms with Gasteiger partial charge in [0.25, 0.3) is 0 Å². The summed E-state index contributed by atoms with van der Waals surface area (Å²) in [5.74, 6) is -1.27. The van der Waals surface area contributed by atoms with E-state index in [0.29, 0.717) is 19.5 Å². The van der Waals surface area contributed by atoms with E-state index in [1.807, 2.05) is 39.0 Å². The summed E-state index contributed by atoms with van der Waals surface area (Å²) in [6.45, 7) is 6.76. The van der Waals surface area contributed by atoms with Gasteiger partial charge in [-0.3, -0.25) is 14.4 Å². The van der Waals surface area contributed by atoms with E-state index in [4.69, 9.17) is 0 Å². The van der Waals surface area contributed by atoms with Crippen LogP contribution >= 0.6 is 11.8 Å². The van der Waals surface area contributed by atoms with E-state index in [2.05, 4.69) is 10.6 Å². The lowest BCUT2D eigenvalue weighted by molar-refractivity contribution is -0.139. The Morgan fingerprint density at radius 3 is 2.62 bits per heavy atom. The number of hydrogen-bond donors (Lipinski definition) is 3. The Bertz CT molecular complexity index is 902. The lowest BCUT2D eigenvalue weighted by Gasteiger charge is -2.34. The van der Waals surface area contributed by atoms with Gasteiger partial charge in [0.2, 0.25) is 17.7 Å². The second-order valence-electron chi connectivity index (χ2n) is 9.21. The number of para-hydroxylation sites is 1. The van der Waals surface area contributed by atoms with E-state index >= 15 is 0 Å². The molecule has 3 aliphatic heterocycles. The molecule has 32 heavy (non-hydrogen) atoms. The minimum absolute atomic E-state index is 0.0527. The first kappa shape index (κ1) is 23.1. The fourth-order valence-corrected chi connectivity index (χ4v) is 8.02. The molecule has 3 heterocycles. The molecule has 3 fully saturated rings. The van der Waals surface area contributed by atoms with E-state index in [0.717, 1.165) is 36.1 Å². The minimum Gasteiger partial charge on any atom is -0.396 e. The fourth-order valence-electron chi connectivity index (χ4n) is 5.80. The molecule has 3 N–H and O–H groups in total. The molecule has 3 aliphatic rings. The molecule has 3 amide bonds. The van der Waals surface area contributed by atoms with E-state index in [9.17, 15) is 19.5 Å². The first-order chi connectivity index (χ1) is 15.4. The van der Waals surface area contributed by atoms with Crippen molar-refractivity contribution >= 4 is 35.2 Å². The van der Waals surface area contributed by atoms with Crippen LogP contribution in [-0.2, 0) is 14.4 Å². The van der Waals surface area contributed by atoms with Crippen molar-refractivity contribution in [1.29, 1.82) is 0 Å². The highest BCUT2D eigenvalue weighted by Crippen LogP contribution is 2.66. The van der Waals surface area contributed by atoms with E-state index in [1.165, 1.54) is 0 Å². The number of aryl methyl sites for hydroxylation is 2. The first-order valence-electron chi connectivity index (χ1n) is 11.6. The summed E-state index contributed by atoms with van der Waals surface area (Å²) >= 11 is 1.67. The van der Waals surface area contributed by atoms with Crippen LogP contribution < -0.4 is 10.6 Å². The van der Waals surface area contributed by atoms with Crippen LogP contribution in [-0.4, -0.2) is 63.5 Å². The van der Waals surface area contributed by atoms with Crippen molar-refractivity contribution in [3.8, 4) is 0 Å². The van der Waals surface area contributed by atoms with Gasteiger partial charge in [-0.1, -0.05) is 25.1 Å². The van der Waals surface area contributed by atoms with Crippen LogP contribution in [0.1, 0.15) is 43.7 Å². The maximum Gasteiger partial charge on any atom is 0.248 e. The normalized spacial score (nSPS) is 30.5. The number of nitrogens with zero attached hydrogens (tertiary/aromatic N) is 1. The van der Waals surface area contributed by atoms with Gasteiger partial charge in [0.15, 0.2) is 0 Å². The smallest absolute Gasteiger partial charge is 0.248 e. The van der Waals surface area contributed by atoms with Gasteiger partial charge >= 0.3 is 0 Å². The minimum atomic E-state index is -0.649. The molecule has 5 atom stereocenters. The summed E-state index contributed by atoms with van der Waals surface area (Å²) in [5, 5.41) is 15.6. The molecule has 7 nitrogen and oxygen atoms in total. The van der Waals surface area contributed by atoms with Gasteiger partial charge in [-0.15, -0.1) is 11.8 Å². The van der Waals surface area contributed by atoms with Crippen molar-refractivity contribution in [1.82, 2.24) is 10.2 Å². The number of thioether (sulfide) groups is 1. The summed E-state index contributed by atoms with van der Waals surface area (Å²) in [5.41, 5.74) is 2.72. The Morgan fingerprint density at radius 1 is 1.25 bits per heavy atom. The summed E-state index contributed by atoms with van der Waals surface area (Å²) in [6.07, 6.45) is 2.82. The number of nitrogens with one attached hydrogen (secondary N) is 2. The monoisotopic (exact) mass is 459 g/mol. The molecule has 8 heteroatoms. The number of fused-ring (bicyclic) bond motifs is 1. The fraction of sp³-hybridized carbons (Fsp3) is 0.625. The van der Waals surface area contributed by atoms with Gasteiger partial charge in [-0.2, -0.15) is 0 Å². The molecule has 0 saturated carbocycles. The Morgan fingerprint density at radius 2 is 1.97 bits per heavy atom. The van der Waals surface area contributed by atoms with Crippen molar-refractivity contribution < 1.29 is 19.5 Å². The average Bonchev–Trinajstić information content (AvgIpc) is 3.40. The van der Waals surface area contributed by atoms with Crippen LogP contribution in [0, 0.1) is 25.7 Å². The van der Waals surface area contributed by atoms with E-state index < -0.39 is 22.6 Å². The molecule has 2 unspecified atom stereocenters. The first-order valence-corrected chi connectivity index (χ1v) is 12.5. The predicted molar refractivity (Wildman–Crippen MR) is 125 cm³/mol. The lowest BCUT2D eigenvalue weighted by Crippen LogP contribution is -2.52. The summed E-state index contributed by atoms with van der Waals surface area (Å²) < 4.78 is -0.591. The van der Waals surface area contributed by atoms with Gasteiger partial charge in [0.1, 0.15) is 6.04 Å². The molecule has 2 bridgehead atoms. The van der Waals surface area contributed by atoms with Gasteiger partial charge in [-0.05, 0) is 50.7 Å². The van der Waals surface area contributed by atoms with Crippen molar-refractivity contribution in [2.24, 2.45) is 11.8 Å². The lowest BCUT2D eigenvalue weighted by atomic mass is 9.70. The number of likely N-dealkylation sites (tertiary alicyclic amines) is 1. The van der Waals surface area contributed by atoms with Gasteiger partial charge in [-0.25, -0.2) is 0 Å². The quantitative estimate of drug-likeness (QED) is 0.554. The average molecular weight is 460 g/mol. The van der Waals surface area contributed by atoms with Gasteiger partial charge in [0, 0.05) is 30.6 Å². The number of aliphatic hydroxyl groups is 1. The zero-order valence-corrected chi connectivity index (χ0v) is 19.8. The molecular formula is C24H33N3O4S. The second-order valence-corrected chi connectivity index (χ2v) is 10.8. The highest BCUT2D eigenvalue weighted by Gasteiger charge is 2.73. The molecule has 4 rings (SSSR count). The van der Waals surface area contributed by atoms with Crippen molar-refractivity contribution in [3.05, 3.63) is 29.3 Å². The summed E-state index contributed by atoms with van der Waals surface area (Å²) in [7, 11) is 0. The third kappa shape index (κ3) is 3.61. The SMILES string of the molecule is CCCNC(=O)[C@@H]1[C@@H]2CCC3(S2)C(C(=O)Nc2c(C)cccc2C)N(CCCO)C(=O)[C@H]13. The highest BCUT2D eigenvalue weighted by atomic mass is 32.2. The topological polar surface area (TPSA) is 98.7 Å². The van der Waals surface area contributed by atoms with Crippen molar-refractivity contribution in [3.63, 3.8) is 0 Å². The third-order valence-corrected chi connectivity index (χ3v) is 9.14. The molecule has 1 aromatic rings. The zero-order chi connectivity index (χ0) is 23.0. The summed E-state index contributed by atoms with van der Waals surface area (Å²) in [6, 6.07) is 5.22. The molecule has 0 aromatic heterocycles. The molecule has 1 aromatic carbocycles. The van der Waals surface area contributed by atoms with Gasteiger partial charge < -0.3 is 20.6 Å². The number of amides is 3. The number of aliphatic hydroxyl groups excluding tert-OH is 1. The van der Waals surface area contributed by atoms with E-state index in [-0.39, 0.29) is 29.6 Å². The van der Waals surface area contributed by atoms with Gasteiger partial charge in [0.05, 0.1) is 16.6 Å². The molecule has 1 spiro atoms. The molecule has 0 aliphatic carbocycles. The standard InChI is InChI=1S/C24H33N3O4S/c1-4-11-25-21(29)17-16-9-10-24(32-16)18(17)23(31)27(12-6-13-28)20(24)22(30)26-19-14(2)7-5-8-15(19)3/h5,7-8,16-18,20,28H,4,6,9-13H2,1-3H3,(H,25,29)(H,26,30)/t16-,17+,18-,20?,24?/m0/s1. The maximum atomic E-state index is 13.7. The summed E-state index contributed by atoms with van der Waals surface area (Å²) in [4.78, 5) is 42.0. The largest absolute Gasteiger partial charge is 0.396 e. The van der Waals surface area contributed by atoms with Crippen molar-refractivity contribution in [2.45, 2.75) is 62.5 Å². The molecule has 3 saturated heterocycles. The van der Waals surface area contributed by atoms with Crippen LogP contribution in [0.25, 0.3) is 0 Å². The number of rotatable bonds is 8. The maximum absolute atomic E-state index is 13.7. The van der Waals surface area contributed by atoms with Crippen molar-refractivity contribution in [2.75, 3.05) is 25.0 Å². The van der Waals surface area contributed by atoms with Crippen LogP contribution in [0.4, 0.5) is 5.69 Å². The van der Waals surface area contributed by atoms with E-state index in [1.54, 1.807) is 16.7 Å². The Kier molecular flexibility index (Phi) is 6.54. The number of hydrogen-bond acceptors (Lipinski definition) is 5. The highest BCUT2D eigenvalue weighted by molar-refractivity contribution is 8.02. The number of anilines is 1. The van der Waals surface area contributed by atoms with Crippen LogP contribution in [0.5, 0.6) is 0 Å². The zero-order valence-electron chi connectivity index (χ0n) is 19.0. The van der Waals surface area contributed by atoms with Crippen LogP contribution in [0.15, 0.2) is 18.2 Å².